The fourth-order valence-corrected chi connectivity index (χ4v) is 2.90. The molecule has 3 nitrogen and oxygen atoms in total. The molecule has 2 N–H and O–H groups in total. The van der Waals surface area contributed by atoms with Gasteiger partial charge in [-0.05, 0) is 30.3 Å². The van der Waals surface area contributed by atoms with Crippen LogP contribution in [0.15, 0.2) is 52.5 Å². The van der Waals surface area contributed by atoms with Crippen molar-refractivity contribution in [1.82, 2.24) is 9.38 Å². The Morgan fingerprint density at radius 2 is 2.00 bits per heavy atom. The van der Waals surface area contributed by atoms with Crippen LogP contribution in [0.5, 0.6) is 0 Å². The first-order valence-electron chi connectivity index (χ1n) is 5.98. The van der Waals surface area contributed by atoms with Crippen LogP contribution in [0.25, 0.3) is 5.65 Å². The third-order valence-electron chi connectivity index (χ3n) is 2.89. The summed E-state index contributed by atoms with van der Waals surface area (Å²) in [4.78, 5) is 5.05. The Morgan fingerprint density at radius 3 is 2.75 bits per heavy atom. The highest BCUT2D eigenvalue weighted by Crippen LogP contribution is 2.31. The van der Waals surface area contributed by atoms with Crippen LogP contribution < -0.4 is 5.73 Å². The first-order chi connectivity index (χ1) is 9.69. The topological polar surface area (TPSA) is 43.3 Å². The molecule has 102 valence electrons. The minimum Gasteiger partial charge on any atom is -0.325 e. The number of hydrogen-bond acceptors (Lipinski definition) is 3. The van der Waals surface area contributed by atoms with E-state index in [1.54, 1.807) is 0 Å². The van der Waals surface area contributed by atoms with Crippen molar-refractivity contribution in [2.45, 2.75) is 16.5 Å². The number of halogens is 2. The van der Waals surface area contributed by atoms with Crippen molar-refractivity contribution in [3.63, 3.8) is 0 Å². The lowest BCUT2D eigenvalue weighted by atomic mass is 10.3. The summed E-state index contributed by atoms with van der Waals surface area (Å²) >= 11 is 1.27. The van der Waals surface area contributed by atoms with Crippen molar-refractivity contribution in [2.75, 3.05) is 0 Å². The highest BCUT2D eigenvalue weighted by atomic mass is 32.2. The van der Waals surface area contributed by atoms with Gasteiger partial charge in [-0.15, -0.1) is 0 Å². The SMILES string of the molecule is NCc1c(Sc2ccc(F)c(F)c2)nc2ccccn12. The van der Waals surface area contributed by atoms with E-state index < -0.39 is 11.6 Å². The van der Waals surface area contributed by atoms with Crippen molar-refractivity contribution < 1.29 is 8.78 Å². The molecule has 2 aromatic heterocycles. The van der Waals surface area contributed by atoms with E-state index in [4.69, 9.17) is 5.73 Å². The highest BCUT2D eigenvalue weighted by molar-refractivity contribution is 7.99. The molecule has 20 heavy (non-hydrogen) atoms. The Balaban J connectivity index is 2.03. The number of pyridine rings is 1. The van der Waals surface area contributed by atoms with Crippen molar-refractivity contribution in [3.05, 3.63) is 59.9 Å². The Morgan fingerprint density at radius 1 is 1.15 bits per heavy atom. The number of fused-ring (bicyclic) bond motifs is 1. The molecule has 0 bridgehead atoms. The molecule has 0 aliphatic carbocycles. The Bertz CT molecular complexity index is 770. The molecule has 2 heterocycles. The third kappa shape index (κ3) is 2.28. The average Bonchev–Trinajstić information content (AvgIpc) is 2.80. The lowest BCUT2D eigenvalue weighted by molar-refractivity contribution is 0.506. The number of aromatic nitrogens is 2. The fourth-order valence-electron chi connectivity index (χ4n) is 1.94. The maximum absolute atomic E-state index is 13.2. The third-order valence-corrected chi connectivity index (χ3v) is 3.90. The maximum Gasteiger partial charge on any atom is 0.159 e. The Kier molecular flexibility index (Phi) is 3.42. The molecule has 3 rings (SSSR count). The van der Waals surface area contributed by atoms with E-state index in [0.717, 1.165) is 23.5 Å². The number of rotatable bonds is 3. The summed E-state index contributed by atoms with van der Waals surface area (Å²) in [5.41, 5.74) is 7.38. The standard InChI is InChI=1S/C14H11F2N3S/c15-10-5-4-9(7-11(10)16)20-14-12(8-17)19-6-2-1-3-13(19)18-14/h1-7H,8,17H2. The predicted molar refractivity (Wildman–Crippen MR) is 73.6 cm³/mol. The van der Waals surface area contributed by atoms with Gasteiger partial charge in [-0.1, -0.05) is 17.8 Å². The summed E-state index contributed by atoms with van der Waals surface area (Å²) in [5.74, 6) is -1.73. The van der Waals surface area contributed by atoms with Gasteiger partial charge in [-0.2, -0.15) is 0 Å². The predicted octanol–water partition coefficient (Wildman–Crippen LogP) is 3.22. The molecule has 1 aromatic carbocycles. The number of imidazole rings is 1. The van der Waals surface area contributed by atoms with Gasteiger partial charge in [0.05, 0.1) is 5.69 Å². The van der Waals surface area contributed by atoms with Gasteiger partial charge in [0.25, 0.3) is 0 Å². The zero-order valence-electron chi connectivity index (χ0n) is 10.4. The normalized spacial score (nSPS) is 11.2. The maximum atomic E-state index is 13.2. The molecular weight excluding hydrogens is 280 g/mol. The minimum atomic E-state index is -0.868. The van der Waals surface area contributed by atoms with Gasteiger partial charge in [0.2, 0.25) is 0 Å². The minimum absolute atomic E-state index is 0.317. The van der Waals surface area contributed by atoms with Crippen LogP contribution in [-0.4, -0.2) is 9.38 Å². The van der Waals surface area contributed by atoms with Gasteiger partial charge in [0, 0.05) is 17.6 Å². The van der Waals surface area contributed by atoms with Crippen LogP contribution in [0.2, 0.25) is 0 Å². The monoisotopic (exact) mass is 291 g/mol. The summed E-state index contributed by atoms with van der Waals surface area (Å²) in [5, 5.41) is 0.699. The van der Waals surface area contributed by atoms with Crippen LogP contribution >= 0.6 is 11.8 Å². The van der Waals surface area contributed by atoms with E-state index in [-0.39, 0.29) is 0 Å². The van der Waals surface area contributed by atoms with Crippen LogP contribution in [0, 0.1) is 11.6 Å². The van der Waals surface area contributed by atoms with Crippen molar-refractivity contribution in [3.8, 4) is 0 Å². The van der Waals surface area contributed by atoms with E-state index in [0.29, 0.717) is 16.5 Å². The molecule has 0 radical (unpaired) electrons. The molecule has 0 spiro atoms. The van der Waals surface area contributed by atoms with E-state index in [1.807, 2.05) is 28.8 Å². The van der Waals surface area contributed by atoms with E-state index in [9.17, 15) is 8.78 Å². The second kappa shape index (κ2) is 5.22. The molecular formula is C14H11F2N3S. The zero-order valence-corrected chi connectivity index (χ0v) is 11.2. The first kappa shape index (κ1) is 13.1. The molecule has 0 atom stereocenters. The van der Waals surface area contributed by atoms with Crippen molar-refractivity contribution in [1.29, 1.82) is 0 Å². The van der Waals surface area contributed by atoms with Gasteiger partial charge in [-0.3, -0.25) is 0 Å². The number of benzene rings is 1. The molecule has 0 unspecified atom stereocenters. The second-order valence-electron chi connectivity index (χ2n) is 4.17. The van der Waals surface area contributed by atoms with E-state index >= 15 is 0 Å². The molecule has 6 heteroatoms. The molecule has 0 amide bonds. The van der Waals surface area contributed by atoms with E-state index in [2.05, 4.69) is 4.98 Å². The zero-order chi connectivity index (χ0) is 14.1. The van der Waals surface area contributed by atoms with E-state index in [1.165, 1.54) is 17.8 Å². The smallest absolute Gasteiger partial charge is 0.159 e. The lowest BCUT2D eigenvalue weighted by Gasteiger charge is -2.02. The molecule has 0 fully saturated rings. The van der Waals surface area contributed by atoms with Gasteiger partial charge < -0.3 is 10.1 Å². The average molecular weight is 291 g/mol. The summed E-state index contributed by atoms with van der Waals surface area (Å²) in [6, 6.07) is 9.43. The number of nitrogens with zero attached hydrogens (tertiary/aromatic N) is 2. The molecule has 0 aliphatic heterocycles. The molecule has 0 saturated carbocycles. The Labute approximate surface area is 118 Å². The second-order valence-corrected chi connectivity index (χ2v) is 5.24. The highest BCUT2D eigenvalue weighted by Gasteiger charge is 2.13. The summed E-state index contributed by atoms with van der Waals surface area (Å²) in [6.45, 7) is 0.317. The van der Waals surface area contributed by atoms with Gasteiger partial charge >= 0.3 is 0 Å². The lowest BCUT2D eigenvalue weighted by Crippen LogP contribution is -2.01. The van der Waals surface area contributed by atoms with Gasteiger partial charge in [0.15, 0.2) is 11.6 Å². The summed E-state index contributed by atoms with van der Waals surface area (Å²) < 4.78 is 28.0. The summed E-state index contributed by atoms with van der Waals surface area (Å²) in [7, 11) is 0. The molecule has 0 aliphatic rings. The van der Waals surface area contributed by atoms with Gasteiger partial charge in [-0.25, -0.2) is 13.8 Å². The van der Waals surface area contributed by atoms with Crippen LogP contribution in [0.3, 0.4) is 0 Å². The van der Waals surface area contributed by atoms with Crippen molar-refractivity contribution in [2.24, 2.45) is 5.73 Å². The van der Waals surface area contributed by atoms with Gasteiger partial charge in [0.1, 0.15) is 10.7 Å². The largest absolute Gasteiger partial charge is 0.325 e. The number of nitrogens with two attached hydrogens (primary N) is 1. The fraction of sp³-hybridized carbons (Fsp3) is 0.0714. The number of hydrogen-bond donors (Lipinski definition) is 1. The molecule has 3 aromatic rings. The first-order valence-corrected chi connectivity index (χ1v) is 6.79. The summed E-state index contributed by atoms with van der Waals surface area (Å²) in [6.07, 6.45) is 1.87. The van der Waals surface area contributed by atoms with Crippen LogP contribution in [0.1, 0.15) is 5.69 Å². The van der Waals surface area contributed by atoms with Crippen LogP contribution in [0.4, 0.5) is 8.78 Å². The van der Waals surface area contributed by atoms with Crippen molar-refractivity contribution >= 4 is 17.4 Å². The Hall–Kier alpha value is -1.92. The molecule has 0 saturated heterocycles. The quantitative estimate of drug-likeness (QED) is 0.805. The van der Waals surface area contributed by atoms with Crippen LogP contribution in [-0.2, 0) is 6.54 Å².